The molecule has 3 aliphatic rings. The molecule has 2 heterocycles. The minimum atomic E-state index is -0.690. The van der Waals surface area contributed by atoms with Crippen molar-refractivity contribution >= 4 is 28.3 Å². The summed E-state index contributed by atoms with van der Waals surface area (Å²) in [6, 6.07) is 5.61. The van der Waals surface area contributed by atoms with E-state index in [2.05, 4.69) is 17.6 Å². The zero-order valence-corrected chi connectivity index (χ0v) is 21.6. The van der Waals surface area contributed by atoms with Gasteiger partial charge in [0.25, 0.3) is 0 Å². The summed E-state index contributed by atoms with van der Waals surface area (Å²) < 4.78 is 10.8. The van der Waals surface area contributed by atoms with E-state index in [4.69, 9.17) is 14.5 Å². The number of nitrogens with zero attached hydrogens (tertiary/aromatic N) is 1. The van der Waals surface area contributed by atoms with Crippen molar-refractivity contribution in [3.63, 3.8) is 0 Å². The molecule has 0 radical (unpaired) electrons. The largest absolute Gasteiger partial charge is 0.454 e. The standard InChI is InChI=1S/C26H33N3O6S/c1-14(31)28-24-29-23-16(9-22(33)27-11-15-4-5-17-18(8-15)35-13-34-17)25(2)7-6-21(32)26(3,12-30)20(25)10-19(23)36-24/h4-5,8,16,20-21,30,32H,6-7,9-13H2,1-3H3,(H,27,33)(H,28,29,31). The molecule has 0 bridgehead atoms. The molecule has 2 aromatic rings. The van der Waals surface area contributed by atoms with Gasteiger partial charge in [0.15, 0.2) is 16.6 Å². The van der Waals surface area contributed by atoms with E-state index in [0.29, 0.717) is 36.0 Å². The summed E-state index contributed by atoms with van der Waals surface area (Å²) in [5.41, 5.74) is 0.722. The molecule has 5 atom stereocenters. The number of rotatable bonds is 6. The van der Waals surface area contributed by atoms with Crippen LogP contribution in [-0.2, 0) is 22.6 Å². The molecule has 1 aliphatic heterocycles. The first-order valence-corrected chi connectivity index (χ1v) is 13.2. The number of hydrogen-bond acceptors (Lipinski definition) is 8. The molecule has 2 amide bonds. The predicted molar refractivity (Wildman–Crippen MR) is 134 cm³/mol. The number of carbonyl (C=O) groups excluding carboxylic acids is 2. The number of thiazole rings is 1. The van der Waals surface area contributed by atoms with Crippen molar-refractivity contribution in [2.75, 3.05) is 18.7 Å². The van der Waals surface area contributed by atoms with Crippen LogP contribution >= 0.6 is 11.3 Å². The van der Waals surface area contributed by atoms with Gasteiger partial charge < -0.3 is 30.3 Å². The number of nitrogens with one attached hydrogen (secondary N) is 2. The molecule has 1 aromatic heterocycles. The zero-order valence-electron chi connectivity index (χ0n) is 20.8. The third-order valence-corrected chi connectivity index (χ3v) is 9.50. The van der Waals surface area contributed by atoms with Crippen LogP contribution in [0.2, 0.25) is 0 Å². The number of aromatic nitrogens is 1. The highest BCUT2D eigenvalue weighted by Crippen LogP contribution is 2.62. The van der Waals surface area contributed by atoms with Gasteiger partial charge in [0, 0.05) is 36.1 Å². The Balaban J connectivity index is 1.41. The predicted octanol–water partition coefficient (Wildman–Crippen LogP) is 2.95. The molecular weight excluding hydrogens is 482 g/mol. The maximum absolute atomic E-state index is 13.3. The van der Waals surface area contributed by atoms with Gasteiger partial charge in [-0.1, -0.05) is 19.9 Å². The van der Waals surface area contributed by atoms with Crippen LogP contribution in [0.3, 0.4) is 0 Å². The van der Waals surface area contributed by atoms with E-state index in [1.54, 1.807) is 0 Å². The second-order valence-corrected chi connectivity index (χ2v) is 11.8. The van der Waals surface area contributed by atoms with E-state index in [1.165, 1.54) is 18.3 Å². The first-order chi connectivity index (χ1) is 17.1. The van der Waals surface area contributed by atoms with E-state index in [0.717, 1.165) is 22.6 Å². The summed E-state index contributed by atoms with van der Waals surface area (Å²) in [5.74, 6) is 0.827. The van der Waals surface area contributed by atoms with Gasteiger partial charge in [-0.3, -0.25) is 9.59 Å². The molecule has 10 heteroatoms. The van der Waals surface area contributed by atoms with Gasteiger partial charge in [-0.25, -0.2) is 4.98 Å². The molecular formula is C26H33N3O6S. The average molecular weight is 516 g/mol. The molecule has 2 aliphatic carbocycles. The van der Waals surface area contributed by atoms with Crippen molar-refractivity contribution < 1.29 is 29.3 Å². The van der Waals surface area contributed by atoms with E-state index in [1.807, 2.05) is 25.1 Å². The first kappa shape index (κ1) is 25.0. The van der Waals surface area contributed by atoms with Crippen molar-refractivity contribution in [1.29, 1.82) is 0 Å². The van der Waals surface area contributed by atoms with E-state index < -0.39 is 11.5 Å². The quantitative estimate of drug-likeness (QED) is 0.465. The average Bonchev–Trinajstić information content (AvgIpc) is 3.47. The number of anilines is 1. The van der Waals surface area contributed by atoms with Gasteiger partial charge in [0.2, 0.25) is 18.6 Å². The summed E-state index contributed by atoms with van der Waals surface area (Å²) in [5, 5.41) is 27.6. The second-order valence-electron chi connectivity index (χ2n) is 10.7. The minimum absolute atomic E-state index is 0.0384. The number of aliphatic hydroxyl groups excluding tert-OH is 2. The molecule has 4 N–H and O–H groups in total. The molecule has 1 fully saturated rings. The fraction of sp³-hybridized carbons (Fsp3) is 0.577. The highest BCUT2D eigenvalue weighted by molar-refractivity contribution is 7.15. The Morgan fingerprint density at radius 3 is 2.78 bits per heavy atom. The summed E-state index contributed by atoms with van der Waals surface area (Å²) in [4.78, 5) is 30.7. The van der Waals surface area contributed by atoms with Gasteiger partial charge in [-0.05, 0) is 48.3 Å². The summed E-state index contributed by atoms with van der Waals surface area (Å²) in [6.45, 7) is 5.97. The normalized spacial score (nSPS) is 30.3. The van der Waals surface area contributed by atoms with Crippen LogP contribution in [-0.4, -0.2) is 46.5 Å². The molecule has 0 saturated heterocycles. The maximum Gasteiger partial charge on any atom is 0.231 e. The van der Waals surface area contributed by atoms with Crippen molar-refractivity contribution in [3.05, 3.63) is 34.3 Å². The van der Waals surface area contributed by atoms with E-state index in [9.17, 15) is 19.8 Å². The lowest BCUT2D eigenvalue weighted by atomic mass is 9.47. The number of benzene rings is 1. The van der Waals surface area contributed by atoms with Gasteiger partial charge in [0.05, 0.1) is 18.4 Å². The van der Waals surface area contributed by atoms with Crippen LogP contribution in [0.15, 0.2) is 18.2 Å². The topological polar surface area (TPSA) is 130 Å². The van der Waals surface area contributed by atoms with Crippen molar-refractivity contribution in [3.8, 4) is 11.5 Å². The van der Waals surface area contributed by atoms with Crippen LogP contribution in [0, 0.1) is 16.7 Å². The third-order valence-electron chi connectivity index (χ3n) is 8.49. The van der Waals surface area contributed by atoms with Crippen LogP contribution in [0.25, 0.3) is 0 Å². The van der Waals surface area contributed by atoms with Crippen molar-refractivity contribution in [2.24, 2.45) is 16.7 Å². The lowest BCUT2D eigenvalue weighted by molar-refractivity contribution is -0.144. The third kappa shape index (κ3) is 4.25. The Morgan fingerprint density at radius 1 is 1.25 bits per heavy atom. The van der Waals surface area contributed by atoms with Crippen LogP contribution in [0.4, 0.5) is 5.13 Å². The smallest absolute Gasteiger partial charge is 0.231 e. The maximum atomic E-state index is 13.3. The number of fused-ring (bicyclic) bond motifs is 3. The summed E-state index contributed by atoms with van der Waals surface area (Å²) >= 11 is 1.42. The summed E-state index contributed by atoms with van der Waals surface area (Å²) in [7, 11) is 0. The van der Waals surface area contributed by atoms with Crippen molar-refractivity contribution in [2.45, 2.75) is 65.0 Å². The number of hydrogen-bond donors (Lipinski definition) is 4. The Bertz CT molecular complexity index is 1180. The number of aliphatic hydroxyl groups is 2. The molecule has 5 unspecified atom stereocenters. The fourth-order valence-electron chi connectivity index (χ4n) is 6.36. The Hall–Kier alpha value is -2.69. The van der Waals surface area contributed by atoms with E-state index in [-0.39, 0.29) is 48.9 Å². The van der Waals surface area contributed by atoms with E-state index >= 15 is 0 Å². The molecule has 1 saturated carbocycles. The lowest BCUT2D eigenvalue weighted by Gasteiger charge is -2.58. The minimum Gasteiger partial charge on any atom is -0.454 e. The van der Waals surface area contributed by atoms with Gasteiger partial charge in [-0.15, -0.1) is 11.3 Å². The molecule has 0 spiro atoms. The SMILES string of the molecule is CC(=O)Nc1nc2c(s1)CC1C(C)(CO)C(O)CCC1(C)C2CC(=O)NCc1ccc2c(c1)OCO2. The van der Waals surface area contributed by atoms with Crippen LogP contribution in [0.1, 0.15) is 62.1 Å². The zero-order chi connectivity index (χ0) is 25.7. The molecule has 194 valence electrons. The Labute approximate surface area is 214 Å². The van der Waals surface area contributed by atoms with Crippen LogP contribution < -0.4 is 20.1 Å². The number of ether oxygens (including phenoxy) is 2. The molecule has 1 aromatic carbocycles. The van der Waals surface area contributed by atoms with Crippen molar-refractivity contribution in [1.82, 2.24) is 10.3 Å². The van der Waals surface area contributed by atoms with Crippen LogP contribution in [0.5, 0.6) is 11.5 Å². The highest BCUT2D eigenvalue weighted by atomic mass is 32.1. The lowest BCUT2D eigenvalue weighted by Crippen LogP contribution is -2.57. The molecule has 5 rings (SSSR count). The molecule has 36 heavy (non-hydrogen) atoms. The van der Waals surface area contributed by atoms with Gasteiger partial charge in [-0.2, -0.15) is 0 Å². The monoisotopic (exact) mass is 515 g/mol. The Morgan fingerprint density at radius 2 is 2.03 bits per heavy atom. The Kier molecular flexibility index (Phi) is 6.46. The number of amides is 2. The first-order valence-electron chi connectivity index (χ1n) is 12.4. The van der Waals surface area contributed by atoms with Gasteiger partial charge >= 0.3 is 0 Å². The number of carbonyl (C=O) groups is 2. The van der Waals surface area contributed by atoms with Gasteiger partial charge in [0.1, 0.15) is 0 Å². The fourth-order valence-corrected chi connectivity index (χ4v) is 7.47. The summed E-state index contributed by atoms with van der Waals surface area (Å²) in [6.07, 6.45) is 1.53. The second kappa shape index (κ2) is 9.32. The highest BCUT2D eigenvalue weighted by Gasteiger charge is 2.59. The molecule has 9 nitrogen and oxygen atoms in total.